The molecule has 1 saturated carbocycles. The van der Waals surface area contributed by atoms with Gasteiger partial charge in [-0.15, -0.1) is 5.10 Å². The lowest BCUT2D eigenvalue weighted by atomic mass is 10.1. The maximum Gasteiger partial charge on any atom is 0.397 e. The smallest absolute Gasteiger partial charge is 0.397 e. The van der Waals surface area contributed by atoms with Crippen LogP contribution in [0.4, 0.5) is 13.2 Å². The molecule has 0 unspecified atom stereocenters. The number of aromatic nitrogens is 3. The molecular formula is C20H16ClF3N4O3S. The van der Waals surface area contributed by atoms with Crippen molar-refractivity contribution in [3.05, 3.63) is 59.4 Å². The van der Waals surface area contributed by atoms with Gasteiger partial charge in [0.05, 0.1) is 5.56 Å². The van der Waals surface area contributed by atoms with Crippen LogP contribution >= 0.6 is 23.5 Å². The minimum atomic E-state index is -4.30. The average Bonchev–Trinajstić information content (AvgIpc) is 3.42. The number of hydrogen-bond donors (Lipinski definition) is 2. The van der Waals surface area contributed by atoms with Gasteiger partial charge < -0.3 is 9.84 Å². The highest BCUT2D eigenvalue weighted by Gasteiger charge is 2.64. The number of alkyl halides is 3. The molecule has 0 radical (unpaired) electrons. The van der Waals surface area contributed by atoms with Crippen LogP contribution in [0.5, 0.6) is 11.6 Å². The van der Waals surface area contributed by atoms with E-state index in [0.717, 1.165) is 11.9 Å². The third kappa shape index (κ3) is 4.78. The Balaban J connectivity index is 1.39. The van der Waals surface area contributed by atoms with Gasteiger partial charge in [-0.25, -0.2) is 9.67 Å². The number of pyridine rings is 1. The van der Waals surface area contributed by atoms with Gasteiger partial charge in [0.15, 0.2) is 5.82 Å². The molecule has 0 atom stereocenters. The standard InChI is InChI=1S/C20H16ClF3N4O3S/c21-17-14(18(30)27-32-13-3-1-12(29)2-4-13)5-6-15(25-17)28-10-7-16(26-28)31-11-19(8-9-19)20(22,23)24/h1-7,10,29H,8-9,11H2,(H,27,30). The van der Waals surface area contributed by atoms with Gasteiger partial charge in [0.25, 0.3) is 5.91 Å². The predicted octanol–water partition coefficient (Wildman–Crippen LogP) is 4.78. The summed E-state index contributed by atoms with van der Waals surface area (Å²) < 4.78 is 48.2. The Morgan fingerprint density at radius 3 is 2.56 bits per heavy atom. The van der Waals surface area contributed by atoms with E-state index >= 15 is 0 Å². The Labute approximate surface area is 189 Å². The Morgan fingerprint density at radius 2 is 1.94 bits per heavy atom. The van der Waals surface area contributed by atoms with E-state index in [2.05, 4.69) is 14.8 Å². The normalized spacial score (nSPS) is 14.8. The van der Waals surface area contributed by atoms with E-state index in [4.69, 9.17) is 16.3 Å². The summed E-state index contributed by atoms with van der Waals surface area (Å²) in [5, 5.41) is 13.3. The molecule has 2 N–H and O–H groups in total. The van der Waals surface area contributed by atoms with Gasteiger partial charge in [-0.3, -0.25) is 9.52 Å². The average molecular weight is 485 g/mol. The minimum absolute atomic E-state index is 0.0329. The van der Waals surface area contributed by atoms with Crippen molar-refractivity contribution in [1.29, 1.82) is 0 Å². The Bertz CT molecular complexity index is 1130. The molecule has 2 aromatic heterocycles. The molecule has 7 nitrogen and oxygen atoms in total. The number of carbonyl (C=O) groups is 1. The molecule has 1 aromatic carbocycles. The van der Waals surface area contributed by atoms with Crippen molar-refractivity contribution < 1.29 is 27.8 Å². The number of hydrogen-bond acceptors (Lipinski definition) is 6. The molecule has 1 fully saturated rings. The molecule has 4 rings (SSSR count). The zero-order valence-corrected chi connectivity index (χ0v) is 17.8. The van der Waals surface area contributed by atoms with Crippen LogP contribution < -0.4 is 9.46 Å². The summed E-state index contributed by atoms with van der Waals surface area (Å²) in [5.41, 5.74) is -1.66. The Morgan fingerprint density at radius 1 is 1.22 bits per heavy atom. The van der Waals surface area contributed by atoms with Crippen molar-refractivity contribution in [2.45, 2.75) is 23.9 Å². The van der Waals surface area contributed by atoms with Gasteiger partial charge in [0.1, 0.15) is 22.9 Å². The number of nitrogens with one attached hydrogen (secondary N) is 1. The van der Waals surface area contributed by atoms with Gasteiger partial charge in [-0.2, -0.15) is 13.2 Å². The zero-order valence-electron chi connectivity index (χ0n) is 16.3. The number of amides is 1. The van der Waals surface area contributed by atoms with Gasteiger partial charge in [0, 0.05) is 17.2 Å². The van der Waals surface area contributed by atoms with Gasteiger partial charge in [-0.1, -0.05) is 11.6 Å². The highest BCUT2D eigenvalue weighted by atomic mass is 35.5. The van der Waals surface area contributed by atoms with Gasteiger partial charge in [0.2, 0.25) is 5.88 Å². The first kappa shape index (κ1) is 22.3. The van der Waals surface area contributed by atoms with E-state index in [1.165, 1.54) is 41.2 Å². The summed E-state index contributed by atoms with van der Waals surface area (Å²) in [4.78, 5) is 17.2. The molecule has 1 aliphatic carbocycles. The predicted molar refractivity (Wildman–Crippen MR) is 111 cm³/mol. The number of nitrogens with zero attached hydrogens (tertiary/aromatic N) is 3. The first-order valence-electron chi connectivity index (χ1n) is 9.35. The molecule has 2 heterocycles. The summed E-state index contributed by atoms with van der Waals surface area (Å²) in [6, 6.07) is 10.7. The summed E-state index contributed by atoms with van der Waals surface area (Å²) >= 11 is 7.20. The number of carbonyl (C=O) groups excluding carboxylic acids is 1. The topological polar surface area (TPSA) is 89.3 Å². The highest BCUT2D eigenvalue weighted by molar-refractivity contribution is 7.98. The number of benzene rings is 1. The number of ether oxygens (including phenoxy) is 1. The maximum absolute atomic E-state index is 13.0. The van der Waals surface area contributed by atoms with Crippen LogP contribution in [0.3, 0.4) is 0 Å². The SMILES string of the molecule is O=C(NSc1ccc(O)cc1)c1ccc(-n2ccc(OCC3(C(F)(F)F)CC3)n2)nc1Cl. The summed E-state index contributed by atoms with van der Waals surface area (Å²) in [6.45, 7) is -0.487. The lowest BCUT2D eigenvalue weighted by Gasteiger charge is -2.18. The Hall–Kier alpha value is -2.92. The fraction of sp³-hybridized carbons (Fsp3) is 0.250. The monoisotopic (exact) mass is 484 g/mol. The first-order chi connectivity index (χ1) is 15.2. The van der Waals surface area contributed by atoms with E-state index in [-0.39, 0.29) is 41.0 Å². The largest absolute Gasteiger partial charge is 0.508 e. The molecule has 168 valence electrons. The summed E-state index contributed by atoms with van der Waals surface area (Å²) in [7, 11) is 0. The molecule has 0 saturated heterocycles. The molecular weight excluding hydrogens is 469 g/mol. The molecule has 1 aliphatic rings. The second-order valence-corrected chi connectivity index (χ2v) is 8.44. The fourth-order valence-electron chi connectivity index (χ4n) is 2.78. The van der Waals surface area contributed by atoms with Gasteiger partial charge in [-0.05, 0) is 61.2 Å². The van der Waals surface area contributed by atoms with Crippen LogP contribution in [0.1, 0.15) is 23.2 Å². The lowest BCUT2D eigenvalue weighted by molar-refractivity contribution is -0.194. The minimum Gasteiger partial charge on any atom is -0.508 e. The molecule has 0 bridgehead atoms. The molecule has 0 aliphatic heterocycles. The summed E-state index contributed by atoms with van der Waals surface area (Å²) in [5.74, 6) is -0.0586. The molecule has 32 heavy (non-hydrogen) atoms. The van der Waals surface area contributed by atoms with Crippen molar-refractivity contribution in [2.75, 3.05) is 6.61 Å². The first-order valence-corrected chi connectivity index (χ1v) is 10.5. The molecule has 3 aromatic rings. The van der Waals surface area contributed by atoms with Crippen molar-refractivity contribution >= 4 is 29.5 Å². The maximum atomic E-state index is 13.0. The van der Waals surface area contributed by atoms with Crippen molar-refractivity contribution in [2.24, 2.45) is 5.41 Å². The second kappa shape index (κ2) is 8.55. The molecule has 12 heteroatoms. The van der Waals surface area contributed by atoms with Crippen LogP contribution in [0, 0.1) is 5.41 Å². The summed E-state index contributed by atoms with van der Waals surface area (Å²) in [6.07, 6.45) is -2.74. The highest BCUT2D eigenvalue weighted by Crippen LogP contribution is 2.57. The van der Waals surface area contributed by atoms with Crippen molar-refractivity contribution in [3.63, 3.8) is 0 Å². The van der Waals surface area contributed by atoms with Crippen LogP contribution in [-0.4, -0.2) is 38.6 Å². The number of phenolic OH excluding ortho intramolecular Hbond substituents is 1. The number of aromatic hydroxyl groups is 1. The number of phenols is 1. The molecule has 0 spiro atoms. The molecule has 1 amide bonds. The van der Waals surface area contributed by atoms with Gasteiger partial charge >= 0.3 is 6.18 Å². The van der Waals surface area contributed by atoms with Crippen molar-refractivity contribution in [1.82, 2.24) is 19.5 Å². The number of halogens is 4. The quantitative estimate of drug-likeness (QED) is 0.370. The van der Waals surface area contributed by atoms with Crippen LogP contribution in [-0.2, 0) is 0 Å². The Kier molecular flexibility index (Phi) is 5.95. The van der Waals surface area contributed by atoms with E-state index < -0.39 is 24.1 Å². The second-order valence-electron chi connectivity index (χ2n) is 7.20. The van der Waals surface area contributed by atoms with Crippen LogP contribution in [0.2, 0.25) is 5.15 Å². The number of rotatable bonds is 7. The zero-order chi connectivity index (χ0) is 22.9. The van der Waals surface area contributed by atoms with Crippen molar-refractivity contribution in [3.8, 4) is 17.4 Å². The van der Waals surface area contributed by atoms with E-state index in [1.807, 2.05) is 0 Å². The van der Waals surface area contributed by atoms with Crippen LogP contribution in [0.25, 0.3) is 5.82 Å². The lowest BCUT2D eigenvalue weighted by Crippen LogP contribution is -2.30. The van der Waals surface area contributed by atoms with E-state index in [1.54, 1.807) is 12.1 Å². The third-order valence-corrected chi connectivity index (χ3v) is 6.01. The third-order valence-electron chi connectivity index (χ3n) is 4.93. The van der Waals surface area contributed by atoms with E-state index in [0.29, 0.717) is 4.90 Å². The van der Waals surface area contributed by atoms with Crippen LogP contribution in [0.15, 0.2) is 53.6 Å². The fourth-order valence-corrected chi connectivity index (χ4v) is 3.61. The van der Waals surface area contributed by atoms with E-state index in [9.17, 15) is 23.1 Å².